The first-order valence-corrected chi connectivity index (χ1v) is 11.6. The summed E-state index contributed by atoms with van der Waals surface area (Å²) in [6, 6.07) is 14.1. The Morgan fingerprint density at radius 3 is 2.52 bits per heavy atom. The van der Waals surface area contributed by atoms with E-state index in [0.29, 0.717) is 10.6 Å². The van der Waals surface area contributed by atoms with Crippen LogP contribution in [0.25, 0.3) is 11.3 Å². The normalized spacial score (nSPS) is 11.2. The van der Waals surface area contributed by atoms with Crippen LogP contribution in [0.3, 0.4) is 0 Å². The molecule has 0 saturated heterocycles. The van der Waals surface area contributed by atoms with Gasteiger partial charge in [-0.05, 0) is 24.6 Å². The summed E-state index contributed by atoms with van der Waals surface area (Å²) >= 11 is 1.40. The average molecular weight is 429 g/mol. The summed E-state index contributed by atoms with van der Waals surface area (Å²) in [5, 5.41) is 5.13. The molecule has 6 nitrogen and oxygen atoms in total. The molecule has 0 radical (unpaired) electrons. The molecule has 0 unspecified atom stereocenters. The second-order valence-corrected chi connectivity index (χ2v) is 9.57. The standard InChI is InChI=1S/C21H20N2O4S2/c1-14-8-9-16(10-19(14)29(2,26)27)21(25)22-12-17(24)11-20-23-18(13-28-20)15-6-4-3-5-7-15/h3-10,13H,11-12H2,1-2H3,(H,22,25). The molecule has 0 atom stereocenters. The Kier molecular flexibility index (Phi) is 6.24. The number of carbonyl (C=O) groups excluding carboxylic acids is 2. The summed E-state index contributed by atoms with van der Waals surface area (Å²) in [5.41, 5.74) is 2.56. The molecular formula is C21H20N2O4S2. The third kappa shape index (κ3) is 5.36. The molecule has 3 aromatic rings. The van der Waals surface area contributed by atoms with E-state index < -0.39 is 15.7 Å². The van der Waals surface area contributed by atoms with Gasteiger partial charge in [-0.2, -0.15) is 0 Å². The highest BCUT2D eigenvalue weighted by Crippen LogP contribution is 2.22. The number of rotatable bonds is 7. The molecule has 0 bridgehead atoms. The van der Waals surface area contributed by atoms with E-state index in [1.54, 1.807) is 13.0 Å². The average Bonchev–Trinajstić information content (AvgIpc) is 3.14. The zero-order valence-electron chi connectivity index (χ0n) is 16.0. The van der Waals surface area contributed by atoms with E-state index in [2.05, 4.69) is 10.3 Å². The number of aryl methyl sites for hydroxylation is 1. The van der Waals surface area contributed by atoms with Crippen molar-refractivity contribution >= 4 is 32.9 Å². The van der Waals surface area contributed by atoms with Gasteiger partial charge in [0.1, 0.15) is 5.01 Å². The molecule has 150 valence electrons. The van der Waals surface area contributed by atoms with Crippen LogP contribution in [0.15, 0.2) is 58.8 Å². The highest BCUT2D eigenvalue weighted by molar-refractivity contribution is 7.90. The third-order valence-corrected chi connectivity index (χ3v) is 6.35. The molecule has 1 amide bonds. The lowest BCUT2D eigenvalue weighted by molar-refractivity contribution is -0.117. The molecule has 29 heavy (non-hydrogen) atoms. The number of nitrogens with zero attached hydrogens (tertiary/aromatic N) is 1. The molecule has 0 aliphatic rings. The largest absolute Gasteiger partial charge is 0.345 e. The van der Waals surface area contributed by atoms with Gasteiger partial charge in [-0.3, -0.25) is 9.59 Å². The van der Waals surface area contributed by atoms with Gasteiger partial charge in [-0.25, -0.2) is 13.4 Å². The molecule has 1 N–H and O–H groups in total. The number of aromatic nitrogens is 1. The Labute approximate surface area is 173 Å². The van der Waals surface area contributed by atoms with E-state index in [-0.39, 0.29) is 29.2 Å². The van der Waals surface area contributed by atoms with Crippen molar-refractivity contribution < 1.29 is 18.0 Å². The van der Waals surface area contributed by atoms with Gasteiger partial charge < -0.3 is 5.32 Å². The van der Waals surface area contributed by atoms with Crippen LogP contribution in [-0.4, -0.2) is 37.9 Å². The molecule has 0 aliphatic carbocycles. The van der Waals surface area contributed by atoms with E-state index in [1.165, 1.54) is 23.5 Å². The monoisotopic (exact) mass is 428 g/mol. The van der Waals surface area contributed by atoms with E-state index in [9.17, 15) is 18.0 Å². The van der Waals surface area contributed by atoms with Gasteiger partial charge in [0.05, 0.1) is 23.6 Å². The van der Waals surface area contributed by atoms with Crippen LogP contribution in [0.2, 0.25) is 0 Å². The van der Waals surface area contributed by atoms with E-state index in [1.807, 2.05) is 35.7 Å². The fraction of sp³-hybridized carbons (Fsp3) is 0.190. The lowest BCUT2D eigenvalue weighted by Crippen LogP contribution is -2.30. The Morgan fingerprint density at radius 2 is 1.83 bits per heavy atom. The van der Waals surface area contributed by atoms with Gasteiger partial charge in [0.15, 0.2) is 15.6 Å². The first-order chi connectivity index (χ1) is 13.7. The van der Waals surface area contributed by atoms with E-state index in [4.69, 9.17) is 0 Å². The number of ketones is 1. The predicted molar refractivity (Wildman–Crippen MR) is 113 cm³/mol. The summed E-state index contributed by atoms with van der Waals surface area (Å²) in [5.74, 6) is -0.671. The van der Waals surface area contributed by atoms with Crippen molar-refractivity contribution in [3.63, 3.8) is 0 Å². The van der Waals surface area contributed by atoms with Crippen molar-refractivity contribution in [1.82, 2.24) is 10.3 Å². The highest BCUT2D eigenvalue weighted by atomic mass is 32.2. The van der Waals surface area contributed by atoms with Crippen LogP contribution in [0, 0.1) is 6.92 Å². The molecule has 1 heterocycles. The Balaban J connectivity index is 1.60. The van der Waals surface area contributed by atoms with Crippen molar-refractivity contribution in [2.24, 2.45) is 0 Å². The molecule has 2 aromatic carbocycles. The van der Waals surface area contributed by atoms with Crippen molar-refractivity contribution in [1.29, 1.82) is 0 Å². The number of Topliss-reactive ketones (excluding diaryl/α,β-unsaturated/α-hetero) is 1. The summed E-state index contributed by atoms with van der Waals surface area (Å²) < 4.78 is 23.6. The summed E-state index contributed by atoms with van der Waals surface area (Å²) in [6.07, 6.45) is 1.22. The summed E-state index contributed by atoms with van der Waals surface area (Å²) in [4.78, 5) is 29.1. The molecule has 0 spiro atoms. The quantitative estimate of drug-likeness (QED) is 0.624. The minimum Gasteiger partial charge on any atom is -0.345 e. The Hall–Kier alpha value is -2.84. The number of carbonyl (C=O) groups is 2. The van der Waals surface area contributed by atoms with E-state index in [0.717, 1.165) is 17.5 Å². The number of thiazole rings is 1. The fourth-order valence-electron chi connectivity index (χ4n) is 2.79. The van der Waals surface area contributed by atoms with Gasteiger partial charge in [-0.1, -0.05) is 36.4 Å². The zero-order valence-corrected chi connectivity index (χ0v) is 17.6. The van der Waals surface area contributed by atoms with Gasteiger partial charge >= 0.3 is 0 Å². The van der Waals surface area contributed by atoms with Gasteiger partial charge in [0.25, 0.3) is 5.91 Å². The van der Waals surface area contributed by atoms with Gasteiger partial charge in [-0.15, -0.1) is 11.3 Å². The van der Waals surface area contributed by atoms with Crippen LogP contribution in [-0.2, 0) is 21.1 Å². The first-order valence-electron chi connectivity index (χ1n) is 8.84. The highest BCUT2D eigenvalue weighted by Gasteiger charge is 2.16. The lowest BCUT2D eigenvalue weighted by atomic mass is 10.1. The first kappa shape index (κ1) is 20.9. The maximum atomic E-state index is 12.3. The van der Waals surface area contributed by atoms with Crippen LogP contribution >= 0.6 is 11.3 Å². The molecule has 0 saturated carbocycles. The van der Waals surface area contributed by atoms with Crippen LogP contribution in [0.5, 0.6) is 0 Å². The number of hydrogen-bond acceptors (Lipinski definition) is 6. The number of nitrogens with one attached hydrogen (secondary N) is 1. The lowest BCUT2D eigenvalue weighted by Gasteiger charge is -2.08. The minimum atomic E-state index is -3.44. The number of hydrogen-bond donors (Lipinski definition) is 1. The molecule has 8 heteroatoms. The zero-order chi connectivity index (χ0) is 21.0. The van der Waals surface area contributed by atoms with Crippen molar-refractivity contribution in [3.8, 4) is 11.3 Å². The predicted octanol–water partition coefficient (Wildman–Crippen LogP) is 3.06. The maximum absolute atomic E-state index is 12.3. The summed E-state index contributed by atoms with van der Waals surface area (Å²) in [7, 11) is -3.44. The minimum absolute atomic E-state index is 0.104. The molecule has 3 rings (SSSR count). The van der Waals surface area contributed by atoms with Crippen molar-refractivity contribution in [3.05, 3.63) is 70.0 Å². The van der Waals surface area contributed by atoms with Crippen LogP contribution in [0.4, 0.5) is 0 Å². The van der Waals surface area contributed by atoms with Crippen LogP contribution < -0.4 is 5.32 Å². The summed E-state index contributed by atoms with van der Waals surface area (Å²) in [6.45, 7) is 1.51. The van der Waals surface area contributed by atoms with Crippen molar-refractivity contribution in [2.45, 2.75) is 18.2 Å². The van der Waals surface area contributed by atoms with Crippen molar-refractivity contribution in [2.75, 3.05) is 12.8 Å². The third-order valence-electron chi connectivity index (χ3n) is 4.27. The fourth-order valence-corrected chi connectivity index (χ4v) is 4.61. The molecule has 1 aromatic heterocycles. The number of benzene rings is 2. The van der Waals surface area contributed by atoms with Crippen LogP contribution in [0.1, 0.15) is 20.9 Å². The van der Waals surface area contributed by atoms with E-state index >= 15 is 0 Å². The number of amides is 1. The Bertz CT molecular complexity index is 1150. The van der Waals surface area contributed by atoms with Gasteiger partial charge in [0, 0.05) is 22.8 Å². The smallest absolute Gasteiger partial charge is 0.251 e. The molecule has 0 fully saturated rings. The van der Waals surface area contributed by atoms with Gasteiger partial charge in [0.2, 0.25) is 0 Å². The second-order valence-electron chi connectivity index (χ2n) is 6.64. The maximum Gasteiger partial charge on any atom is 0.251 e. The SMILES string of the molecule is Cc1ccc(C(=O)NCC(=O)Cc2nc(-c3ccccc3)cs2)cc1S(C)(=O)=O. The molecule has 0 aliphatic heterocycles. The number of sulfone groups is 1. The molecular weight excluding hydrogens is 408 g/mol. The topological polar surface area (TPSA) is 93.2 Å². The second kappa shape index (κ2) is 8.67. The Morgan fingerprint density at radius 1 is 1.10 bits per heavy atom.